The molecule has 2 aliphatic rings. The Bertz CT molecular complexity index is 960. The minimum absolute atomic E-state index is 0.357. The van der Waals surface area contributed by atoms with Gasteiger partial charge in [-0.05, 0) is 51.7 Å². The number of rotatable bonds is 4. The van der Waals surface area contributed by atoms with Gasteiger partial charge in [0, 0.05) is 32.7 Å². The molecule has 3 heterocycles. The monoisotopic (exact) mass is 390 g/mol. The molecule has 1 saturated heterocycles. The van der Waals surface area contributed by atoms with Gasteiger partial charge in [0.1, 0.15) is 4.90 Å². The number of piperazine rings is 1. The number of aryl methyl sites for hydroxylation is 4. The Balaban J connectivity index is 1.51. The van der Waals surface area contributed by atoms with Gasteiger partial charge in [-0.2, -0.15) is 14.5 Å². The third kappa shape index (κ3) is 3.12. The van der Waals surface area contributed by atoms with Crippen LogP contribution in [0.15, 0.2) is 11.0 Å². The molecule has 0 saturated carbocycles. The van der Waals surface area contributed by atoms with Crippen LogP contribution >= 0.6 is 0 Å². The van der Waals surface area contributed by atoms with Crippen molar-refractivity contribution in [1.82, 2.24) is 24.3 Å². The van der Waals surface area contributed by atoms with E-state index in [1.165, 1.54) is 5.56 Å². The molecular formula is C18H26N6O2S. The summed E-state index contributed by atoms with van der Waals surface area (Å²) < 4.78 is 29.7. The molecule has 27 heavy (non-hydrogen) atoms. The van der Waals surface area contributed by atoms with Gasteiger partial charge in [0.25, 0.3) is 0 Å². The van der Waals surface area contributed by atoms with Crippen molar-refractivity contribution in [2.45, 2.75) is 51.5 Å². The number of hydrogen-bond donors (Lipinski definition) is 0. The summed E-state index contributed by atoms with van der Waals surface area (Å²) in [5.41, 5.74) is 3.68. The van der Waals surface area contributed by atoms with E-state index < -0.39 is 10.0 Å². The minimum atomic E-state index is -3.54. The Kier molecular flexibility index (Phi) is 4.67. The highest BCUT2D eigenvalue weighted by Gasteiger charge is 2.33. The summed E-state index contributed by atoms with van der Waals surface area (Å²) in [6.07, 6.45) is 3.22. The van der Waals surface area contributed by atoms with Crippen molar-refractivity contribution in [1.29, 1.82) is 0 Å². The molecule has 0 unspecified atom stereocenters. The van der Waals surface area contributed by atoms with Crippen molar-refractivity contribution in [3.05, 3.63) is 28.7 Å². The van der Waals surface area contributed by atoms with E-state index in [0.29, 0.717) is 49.0 Å². The van der Waals surface area contributed by atoms with Crippen LogP contribution < -0.4 is 4.90 Å². The lowest BCUT2D eigenvalue weighted by molar-refractivity contribution is 0.383. The molecule has 0 amide bonds. The van der Waals surface area contributed by atoms with Crippen molar-refractivity contribution >= 4 is 15.8 Å². The predicted octanol–water partition coefficient (Wildman–Crippen LogP) is 1.31. The molecule has 4 rings (SSSR count). The summed E-state index contributed by atoms with van der Waals surface area (Å²) in [7, 11) is -3.54. The highest BCUT2D eigenvalue weighted by Crippen LogP contribution is 2.27. The molecule has 0 N–H and O–H groups in total. The van der Waals surface area contributed by atoms with Crippen LogP contribution in [0.4, 0.5) is 5.82 Å². The Morgan fingerprint density at radius 1 is 1.07 bits per heavy atom. The summed E-state index contributed by atoms with van der Waals surface area (Å²) in [4.78, 5) is 2.49. The molecule has 1 fully saturated rings. The fourth-order valence-corrected chi connectivity index (χ4v) is 5.92. The molecule has 0 radical (unpaired) electrons. The van der Waals surface area contributed by atoms with Gasteiger partial charge in [0.15, 0.2) is 5.82 Å². The molecule has 0 spiro atoms. The molecule has 146 valence electrons. The van der Waals surface area contributed by atoms with Gasteiger partial charge >= 0.3 is 0 Å². The molecule has 8 nitrogen and oxygen atoms in total. The average Bonchev–Trinajstić information content (AvgIpc) is 3.24. The van der Waals surface area contributed by atoms with E-state index >= 15 is 0 Å². The zero-order valence-electron chi connectivity index (χ0n) is 16.1. The second-order valence-corrected chi connectivity index (χ2v) is 9.11. The van der Waals surface area contributed by atoms with Gasteiger partial charge in [-0.3, -0.25) is 4.68 Å². The molecule has 0 aromatic carbocycles. The quantitative estimate of drug-likeness (QED) is 0.783. The third-order valence-corrected chi connectivity index (χ3v) is 7.73. The largest absolute Gasteiger partial charge is 0.352 e. The SMILES string of the molecule is CCn1nc(C)c(S(=O)(=O)N2CCN(c3cc4c(nn3)CCC4)CC2)c1C. The molecule has 2 aromatic heterocycles. The first kappa shape index (κ1) is 18.4. The number of nitrogens with zero attached hydrogens (tertiary/aromatic N) is 6. The summed E-state index contributed by atoms with van der Waals surface area (Å²) in [6, 6.07) is 2.12. The zero-order valence-corrected chi connectivity index (χ0v) is 17.0. The van der Waals surface area contributed by atoms with Crippen LogP contribution in [0.1, 0.15) is 36.0 Å². The van der Waals surface area contributed by atoms with Crippen LogP contribution in [0.25, 0.3) is 0 Å². The van der Waals surface area contributed by atoms with Gasteiger partial charge < -0.3 is 4.90 Å². The van der Waals surface area contributed by atoms with Gasteiger partial charge in [0.2, 0.25) is 10.0 Å². The van der Waals surface area contributed by atoms with Gasteiger partial charge in [0.05, 0.1) is 17.1 Å². The summed E-state index contributed by atoms with van der Waals surface area (Å²) in [6.45, 7) is 8.34. The van der Waals surface area contributed by atoms with Crippen LogP contribution in [0.5, 0.6) is 0 Å². The standard InChI is InChI=1S/C18H26N6O2S/c1-4-24-14(3)18(13(2)21-24)27(25,26)23-10-8-22(9-11-23)17-12-15-6-5-7-16(15)19-20-17/h12H,4-11H2,1-3H3. The summed E-state index contributed by atoms with van der Waals surface area (Å²) in [5, 5.41) is 13.1. The number of anilines is 1. The second-order valence-electron chi connectivity index (χ2n) is 7.23. The van der Waals surface area contributed by atoms with E-state index in [1.54, 1.807) is 15.9 Å². The van der Waals surface area contributed by atoms with E-state index in [4.69, 9.17) is 0 Å². The maximum Gasteiger partial charge on any atom is 0.246 e. The summed E-state index contributed by atoms with van der Waals surface area (Å²) in [5.74, 6) is 0.860. The van der Waals surface area contributed by atoms with Crippen molar-refractivity contribution in [3.63, 3.8) is 0 Å². The maximum atomic E-state index is 13.2. The van der Waals surface area contributed by atoms with E-state index in [0.717, 1.165) is 30.8 Å². The molecule has 1 aliphatic heterocycles. The van der Waals surface area contributed by atoms with Crippen molar-refractivity contribution in [2.75, 3.05) is 31.1 Å². The second kappa shape index (κ2) is 6.87. The smallest absolute Gasteiger partial charge is 0.246 e. The van der Waals surface area contributed by atoms with Crippen molar-refractivity contribution < 1.29 is 8.42 Å². The lowest BCUT2D eigenvalue weighted by Crippen LogP contribution is -2.49. The third-order valence-electron chi connectivity index (χ3n) is 5.58. The Morgan fingerprint density at radius 3 is 2.48 bits per heavy atom. The normalized spacial score (nSPS) is 18.1. The van der Waals surface area contributed by atoms with Crippen LogP contribution in [0.2, 0.25) is 0 Å². The Labute approximate surface area is 160 Å². The van der Waals surface area contributed by atoms with Crippen LogP contribution in [0, 0.1) is 13.8 Å². The average molecular weight is 391 g/mol. The maximum absolute atomic E-state index is 13.2. The van der Waals surface area contributed by atoms with E-state index in [-0.39, 0.29) is 0 Å². The zero-order chi connectivity index (χ0) is 19.2. The number of hydrogen-bond acceptors (Lipinski definition) is 6. The molecule has 1 aliphatic carbocycles. The van der Waals surface area contributed by atoms with Crippen LogP contribution in [-0.2, 0) is 29.4 Å². The first-order valence-electron chi connectivity index (χ1n) is 9.56. The van der Waals surface area contributed by atoms with Crippen molar-refractivity contribution in [3.8, 4) is 0 Å². The van der Waals surface area contributed by atoms with Gasteiger partial charge in [-0.25, -0.2) is 8.42 Å². The number of aromatic nitrogens is 4. The Morgan fingerprint density at radius 2 is 1.81 bits per heavy atom. The molecule has 0 atom stereocenters. The highest BCUT2D eigenvalue weighted by atomic mass is 32.2. The molecule has 2 aromatic rings. The highest BCUT2D eigenvalue weighted by molar-refractivity contribution is 7.89. The Hall–Kier alpha value is -2.00. The number of sulfonamides is 1. The van der Waals surface area contributed by atoms with Crippen LogP contribution in [-0.4, -0.2) is 58.9 Å². The summed E-state index contributed by atoms with van der Waals surface area (Å²) >= 11 is 0. The topological polar surface area (TPSA) is 84.2 Å². The minimum Gasteiger partial charge on any atom is -0.352 e. The fraction of sp³-hybridized carbons (Fsp3) is 0.611. The lowest BCUT2D eigenvalue weighted by Gasteiger charge is -2.34. The molecular weight excluding hydrogens is 364 g/mol. The van der Waals surface area contributed by atoms with E-state index in [1.807, 2.05) is 13.8 Å². The first-order chi connectivity index (χ1) is 12.9. The van der Waals surface area contributed by atoms with Gasteiger partial charge in [-0.15, -0.1) is 5.10 Å². The first-order valence-corrected chi connectivity index (χ1v) is 11.0. The molecule has 9 heteroatoms. The van der Waals surface area contributed by atoms with Crippen LogP contribution in [0.3, 0.4) is 0 Å². The van der Waals surface area contributed by atoms with E-state index in [2.05, 4.69) is 26.3 Å². The predicted molar refractivity (Wildman–Crippen MR) is 102 cm³/mol. The van der Waals surface area contributed by atoms with Gasteiger partial charge in [-0.1, -0.05) is 0 Å². The molecule has 0 bridgehead atoms. The van der Waals surface area contributed by atoms with Crippen molar-refractivity contribution in [2.24, 2.45) is 0 Å². The van der Waals surface area contributed by atoms with E-state index in [9.17, 15) is 8.42 Å². The number of fused-ring (bicyclic) bond motifs is 1. The fourth-order valence-electron chi connectivity index (χ4n) is 4.12. The lowest BCUT2D eigenvalue weighted by atomic mass is 10.2.